The minimum Gasteiger partial charge on any atom is -0.493 e. The summed E-state index contributed by atoms with van der Waals surface area (Å²) in [7, 11) is 1.59. The molecule has 1 aromatic carbocycles. The first-order valence-electron chi connectivity index (χ1n) is 8.89. The monoisotopic (exact) mass is 368 g/mol. The summed E-state index contributed by atoms with van der Waals surface area (Å²) in [6.45, 7) is 3.75. The topological polar surface area (TPSA) is 76.9 Å². The SMILES string of the molecule is CCNC(=O)COc1ccc(CNCc2cn3ccccc3n2)cc1OC. The van der Waals surface area contributed by atoms with Gasteiger partial charge >= 0.3 is 0 Å². The molecule has 0 atom stereocenters. The molecule has 0 fully saturated rings. The summed E-state index contributed by atoms with van der Waals surface area (Å²) in [5.41, 5.74) is 2.97. The van der Waals surface area contributed by atoms with Crippen LogP contribution in [-0.4, -0.2) is 35.6 Å². The lowest BCUT2D eigenvalue weighted by Crippen LogP contribution is -2.28. The number of methoxy groups -OCH3 is 1. The number of ether oxygens (including phenoxy) is 2. The van der Waals surface area contributed by atoms with E-state index in [0.29, 0.717) is 31.1 Å². The smallest absolute Gasteiger partial charge is 0.257 e. The maximum atomic E-state index is 11.5. The number of rotatable bonds is 9. The molecule has 27 heavy (non-hydrogen) atoms. The van der Waals surface area contributed by atoms with Crippen molar-refractivity contribution in [2.24, 2.45) is 0 Å². The number of amides is 1. The molecule has 0 aliphatic carbocycles. The second kappa shape index (κ2) is 9.05. The third-order valence-electron chi connectivity index (χ3n) is 4.01. The minimum atomic E-state index is -0.155. The van der Waals surface area contributed by atoms with Crippen molar-refractivity contribution >= 4 is 11.6 Å². The van der Waals surface area contributed by atoms with E-state index in [2.05, 4.69) is 15.6 Å². The normalized spacial score (nSPS) is 10.7. The van der Waals surface area contributed by atoms with Crippen molar-refractivity contribution in [3.63, 3.8) is 0 Å². The van der Waals surface area contributed by atoms with Gasteiger partial charge in [0, 0.05) is 32.0 Å². The van der Waals surface area contributed by atoms with E-state index >= 15 is 0 Å². The lowest BCUT2D eigenvalue weighted by atomic mass is 10.2. The van der Waals surface area contributed by atoms with Gasteiger partial charge < -0.3 is 24.5 Å². The molecular formula is C20H24N4O3. The molecule has 1 amide bonds. The summed E-state index contributed by atoms with van der Waals surface area (Å²) >= 11 is 0. The maximum absolute atomic E-state index is 11.5. The average molecular weight is 368 g/mol. The van der Waals surface area contributed by atoms with Crippen molar-refractivity contribution in [2.75, 3.05) is 20.3 Å². The van der Waals surface area contributed by atoms with Crippen molar-refractivity contribution in [1.29, 1.82) is 0 Å². The van der Waals surface area contributed by atoms with Gasteiger partial charge in [0.25, 0.3) is 5.91 Å². The molecule has 0 radical (unpaired) electrons. The van der Waals surface area contributed by atoms with Crippen LogP contribution >= 0.6 is 0 Å². The molecule has 0 saturated heterocycles. The van der Waals surface area contributed by atoms with Crippen LogP contribution < -0.4 is 20.1 Å². The summed E-state index contributed by atoms with van der Waals surface area (Å²) in [6, 6.07) is 11.6. The zero-order valence-corrected chi connectivity index (χ0v) is 15.6. The Morgan fingerprint density at radius 3 is 2.85 bits per heavy atom. The Kier molecular flexibility index (Phi) is 6.27. The second-order valence-electron chi connectivity index (χ2n) is 6.03. The fraction of sp³-hybridized carbons (Fsp3) is 0.300. The second-order valence-corrected chi connectivity index (χ2v) is 6.03. The van der Waals surface area contributed by atoms with Crippen molar-refractivity contribution in [3.05, 3.63) is 60.0 Å². The van der Waals surface area contributed by atoms with Crippen LogP contribution in [0.4, 0.5) is 0 Å². The van der Waals surface area contributed by atoms with E-state index in [1.807, 2.05) is 60.1 Å². The molecule has 2 heterocycles. The lowest BCUT2D eigenvalue weighted by Gasteiger charge is -2.12. The van der Waals surface area contributed by atoms with E-state index < -0.39 is 0 Å². The van der Waals surface area contributed by atoms with Crippen LogP contribution in [0.2, 0.25) is 0 Å². The summed E-state index contributed by atoms with van der Waals surface area (Å²) in [5, 5.41) is 6.08. The van der Waals surface area contributed by atoms with E-state index in [4.69, 9.17) is 9.47 Å². The number of nitrogens with one attached hydrogen (secondary N) is 2. The predicted molar refractivity (Wildman–Crippen MR) is 103 cm³/mol. The molecule has 2 aromatic heterocycles. The first-order chi connectivity index (χ1) is 13.2. The fourth-order valence-electron chi connectivity index (χ4n) is 2.74. The number of carbonyl (C=O) groups is 1. The molecule has 142 valence electrons. The van der Waals surface area contributed by atoms with Gasteiger partial charge in [-0.05, 0) is 36.8 Å². The van der Waals surface area contributed by atoms with Gasteiger partial charge in [-0.25, -0.2) is 4.98 Å². The summed E-state index contributed by atoms with van der Waals surface area (Å²) in [5.74, 6) is 0.997. The fourth-order valence-corrected chi connectivity index (χ4v) is 2.74. The lowest BCUT2D eigenvalue weighted by molar-refractivity contribution is -0.123. The van der Waals surface area contributed by atoms with Crippen molar-refractivity contribution in [1.82, 2.24) is 20.0 Å². The number of benzene rings is 1. The molecule has 2 N–H and O–H groups in total. The number of nitrogens with zero attached hydrogens (tertiary/aromatic N) is 2. The Labute approximate surface area is 158 Å². The molecular weight excluding hydrogens is 344 g/mol. The van der Waals surface area contributed by atoms with E-state index in [1.54, 1.807) is 7.11 Å². The van der Waals surface area contributed by atoms with Crippen LogP contribution in [0.5, 0.6) is 11.5 Å². The largest absolute Gasteiger partial charge is 0.493 e. The summed E-state index contributed by atoms with van der Waals surface area (Å²) in [6.07, 6.45) is 4.00. The van der Waals surface area contributed by atoms with Gasteiger partial charge in [-0.3, -0.25) is 4.79 Å². The van der Waals surface area contributed by atoms with Crippen LogP contribution in [-0.2, 0) is 17.9 Å². The third kappa shape index (κ3) is 4.98. The van der Waals surface area contributed by atoms with E-state index in [-0.39, 0.29) is 12.5 Å². The van der Waals surface area contributed by atoms with Crippen LogP contribution in [0.25, 0.3) is 5.65 Å². The molecule has 0 aliphatic heterocycles. The molecule has 7 nitrogen and oxygen atoms in total. The van der Waals surface area contributed by atoms with Gasteiger partial charge in [0.05, 0.1) is 12.8 Å². The van der Waals surface area contributed by atoms with Crippen molar-refractivity contribution < 1.29 is 14.3 Å². The van der Waals surface area contributed by atoms with Gasteiger partial charge in [-0.2, -0.15) is 0 Å². The van der Waals surface area contributed by atoms with E-state index in [1.165, 1.54) is 0 Å². The molecule has 0 unspecified atom stereocenters. The van der Waals surface area contributed by atoms with Gasteiger partial charge in [0.2, 0.25) is 0 Å². The van der Waals surface area contributed by atoms with Gasteiger partial charge in [0.15, 0.2) is 18.1 Å². The van der Waals surface area contributed by atoms with Crippen molar-refractivity contribution in [2.45, 2.75) is 20.0 Å². The number of aromatic nitrogens is 2. The number of carbonyl (C=O) groups excluding carboxylic acids is 1. The number of fused-ring (bicyclic) bond motifs is 1. The number of imidazole rings is 1. The molecule has 0 spiro atoms. The Morgan fingerprint density at radius 2 is 2.07 bits per heavy atom. The zero-order valence-electron chi connectivity index (χ0n) is 15.6. The zero-order chi connectivity index (χ0) is 19.1. The van der Waals surface area contributed by atoms with E-state index in [0.717, 1.165) is 16.9 Å². The first-order valence-corrected chi connectivity index (χ1v) is 8.89. The number of hydrogen-bond acceptors (Lipinski definition) is 5. The average Bonchev–Trinajstić information content (AvgIpc) is 3.09. The van der Waals surface area contributed by atoms with Crippen LogP contribution in [0.3, 0.4) is 0 Å². The van der Waals surface area contributed by atoms with Crippen LogP contribution in [0, 0.1) is 0 Å². The maximum Gasteiger partial charge on any atom is 0.257 e. The standard InChI is InChI=1S/C20H24N4O3/c1-3-22-20(25)14-27-17-8-7-15(10-18(17)26-2)11-21-12-16-13-24-9-5-4-6-19(24)23-16/h4-10,13,21H,3,11-12,14H2,1-2H3,(H,22,25). The Balaban J connectivity index is 1.56. The van der Waals surface area contributed by atoms with Gasteiger partial charge in [-0.15, -0.1) is 0 Å². The molecule has 0 bridgehead atoms. The molecule has 3 rings (SSSR count). The number of pyridine rings is 1. The molecule has 3 aromatic rings. The molecule has 0 saturated carbocycles. The highest BCUT2D eigenvalue weighted by molar-refractivity contribution is 5.77. The summed E-state index contributed by atoms with van der Waals surface area (Å²) < 4.78 is 12.9. The van der Waals surface area contributed by atoms with Gasteiger partial charge in [-0.1, -0.05) is 12.1 Å². The minimum absolute atomic E-state index is 0.0321. The van der Waals surface area contributed by atoms with Crippen molar-refractivity contribution in [3.8, 4) is 11.5 Å². The number of hydrogen-bond donors (Lipinski definition) is 2. The van der Waals surface area contributed by atoms with Crippen LogP contribution in [0.15, 0.2) is 48.8 Å². The predicted octanol–water partition coefficient (Wildman–Crippen LogP) is 2.15. The van der Waals surface area contributed by atoms with E-state index in [9.17, 15) is 4.79 Å². The Bertz CT molecular complexity index is 874. The first kappa shape index (κ1) is 18.7. The Morgan fingerprint density at radius 1 is 1.19 bits per heavy atom. The highest BCUT2D eigenvalue weighted by Gasteiger charge is 2.08. The molecule has 0 aliphatic rings. The third-order valence-corrected chi connectivity index (χ3v) is 4.01. The molecule has 7 heteroatoms. The quantitative estimate of drug-likeness (QED) is 0.605. The number of likely N-dealkylation sites (N-methyl/N-ethyl adjacent to an activating group) is 1. The van der Waals surface area contributed by atoms with Gasteiger partial charge in [0.1, 0.15) is 5.65 Å². The van der Waals surface area contributed by atoms with Crippen LogP contribution in [0.1, 0.15) is 18.2 Å². The Hall–Kier alpha value is -3.06. The highest BCUT2D eigenvalue weighted by Crippen LogP contribution is 2.28. The highest BCUT2D eigenvalue weighted by atomic mass is 16.5. The summed E-state index contributed by atoms with van der Waals surface area (Å²) in [4.78, 5) is 16.1.